The quantitative estimate of drug-likeness (QED) is 0.765. The van der Waals surface area contributed by atoms with Crippen molar-refractivity contribution in [3.05, 3.63) is 40.3 Å². The summed E-state index contributed by atoms with van der Waals surface area (Å²) in [6, 6.07) is 2.63. The molecule has 3 heterocycles. The number of nitrogens with two attached hydrogens (primary N) is 1. The number of alkyl halides is 3. The molecular weight excluding hydrogens is 325 g/mol. The van der Waals surface area contributed by atoms with Crippen molar-refractivity contribution in [3.63, 3.8) is 0 Å². The smallest absolute Gasteiger partial charge is 0.396 e. The maximum atomic E-state index is 12.8. The number of nitriles is 1. The average Bonchev–Trinajstić information content (AvgIpc) is 2.98. The normalized spacial score (nSPS) is 11.6. The predicted molar refractivity (Wildman–Crippen MR) is 75.5 cm³/mol. The highest BCUT2D eigenvalue weighted by molar-refractivity contribution is 5.85. The molecule has 0 aromatic carbocycles. The molecule has 3 rings (SSSR count). The lowest BCUT2D eigenvalue weighted by atomic mass is 10.0. The number of rotatable bonds is 2. The van der Waals surface area contributed by atoms with Crippen molar-refractivity contribution in [2.45, 2.75) is 19.5 Å². The Hall–Kier alpha value is -3.22. The third-order valence-electron chi connectivity index (χ3n) is 3.51. The van der Waals surface area contributed by atoms with Crippen LogP contribution < -0.4 is 5.73 Å². The fourth-order valence-corrected chi connectivity index (χ4v) is 2.31. The summed E-state index contributed by atoms with van der Waals surface area (Å²) in [7, 11) is 0. The SMILES string of the molecule is Cc1nc2nonc2c(N)c1Cc1cc(C#N)c(C(F)(F)F)cn1. The third kappa shape index (κ3) is 2.60. The van der Waals surface area contributed by atoms with Crippen LogP contribution in [0.1, 0.15) is 28.1 Å². The molecule has 122 valence electrons. The lowest BCUT2D eigenvalue weighted by molar-refractivity contribution is -0.138. The Kier molecular flexibility index (Phi) is 3.56. The second-order valence-corrected chi connectivity index (χ2v) is 5.03. The minimum absolute atomic E-state index is 0.0975. The van der Waals surface area contributed by atoms with Gasteiger partial charge in [-0.05, 0) is 23.3 Å². The maximum Gasteiger partial charge on any atom is 0.419 e. The van der Waals surface area contributed by atoms with Crippen molar-refractivity contribution in [2.24, 2.45) is 0 Å². The molecular formula is C14H9F3N6O. The van der Waals surface area contributed by atoms with Gasteiger partial charge in [0.2, 0.25) is 5.65 Å². The Morgan fingerprint density at radius 3 is 2.75 bits per heavy atom. The number of pyridine rings is 2. The summed E-state index contributed by atoms with van der Waals surface area (Å²) < 4.78 is 43.0. The van der Waals surface area contributed by atoms with Crippen LogP contribution in [0.2, 0.25) is 0 Å². The highest BCUT2D eigenvalue weighted by Crippen LogP contribution is 2.32. The summed E-state index contributed by atoms with van der Waals surface area (Å²) in [4.78, 5) is 7.96. The van der Waals surface area contributed by atoms with Gasteiger partial charge in [-0.15, -0.1) is 0 Å². The van der Waals surface area contributed by atoms with Crippen LogP contribution in [0.4, 0.5) is 18.9 Å². The summed E-state index contributed by atoms with van der Waals surface area (Å²) in [5.74, 6) is 0. The second-order valence-electron chi connectivity index (χ2n) is 5.03. The van der Waals surface area contributed by atoms with Gasteiger partial charge in [-0.3, -0.25) is 4.98 Å². The molecule has 3 aromatic heterocycles. The number of aryl methyl sites for hydroxylation is 1. The molecule has 7 nitrogen and oxygen atoms in total. The number of fused-ring (bicyclic) bond motifs is 1. The van der Waals surface area contributed by atoms with Crippen LogP contribution in [0.5, 0.6) is 0 Å². The van der Waals surface area contributed by atoms with Crippen LogP contribution in [0.3, 0.4) is 0 Å². The molecule has 0 fully saturated rings. The first-order valence-electron chi connectivity index (χ1n) is 6.64. The van der Waals surface area contributed by atoms with Crippen LogP contribution in [0, 0.1) is 18.3 Å². The van der Waals surface area contributed by atoms with E-state index in [1.165, 1.54) is 6.07 Å². The van der Waals surface area contributed by atoms with E-state index in [0.717, 1.165) is 6.07 Å². The van der Waals surface area contributed by atoms with Gasteiger partial charge in [-0.1, -0.05) is 0 Å². The zero-order valence-electron chi connectivity index (χ0n) is 12.2. The minimum atomic E-state index is -4.64. The molecule has 0 saturated heterocycles. The maximum absolute atomic E-state index is 12.8. The van der Waals surface area contributed by atoms with Crippen molar-refractivity contribution in [1.29, 1.82) is 5.26 Å². The van der Waals surface area contributed by atoms with Crippen LogP contribution in [0.15, 0.2) is 16.9 Å². The number of hydrogen-bond acceptors (Lipinski definition) is 7. The van der Waals surface area contributed by atoms with Gasteiger partial charge in [-0.2, -0.15) is 18.4 Å². The first-order chi connectivity index (χ1) is 11.3. The molecule has 0 radical (unpaired) electrons. The van der Waals surface area contributed by atoms with Gasteiger partial charge in [0.25, 0.3) is 0 Å². The Morgan fingerprint density at radius 1 is 1.33 bits per heavy atom. The van der Waals surface area contributed by atoms with Crippen LogP contribution in [0.25, 0.3) is 11.2 Å². The topological polar surface area (TPSA) is 115 Å². The summed E-state index contributed by atoms with van der Waals surface area (Å²) in [5.41, 5.74) is 6.52. The Morgan fingerprint density at radius 2 is 2.08 bits per heavy atom. The summed E-state index contributed by atoms with van der Waals surface area (Å²) >= 11 is 0. The molecule has 2 N–H and O–H groups in total. The molecule has 0 amide bonds. The highest BCUT2D eigenvalue weighted by Gasteiger charge is 2.34. The number of hydrogen-bond donors (Lipinski definition) is 1. The summed E-state index contributed by atoms with van der Waals surface area (Å²) in [5, 5.41) is 16.2. The average molecular weight is 334 g/mol. The van der Waals surface area contributed by atoms with Crippen LogP contribution in [-0.4, -0.2) is 20.3 Å². The van der Waals surface area contributed by atoms with E-state index in [9.17, 15) is 13.2 Å². The van der Waals surface area contributed by atoms with E-state index in [-0.39, 0.29) is 29.0 Å². The molecule has 0 unspecified atom stereocenters. The zero-order chi connectivity index (χ0) is 17.5. The molecule has 0 spiro atoms. The molecule has 24 heavy (non-hydrogen) atoms. The zero-order valence-corrected chi connectivity index (χ0v) is 12.2. The Bertz CT molecular complexity index is 973. The van der Waals surface area contributed by atoms with Gasteiger partial charge in [0.1, 0.15) is 0 Å². The molecule has 0 aliphatic carbocycles. The van der Waals surface area contributed by atoms with Gasteiger partial charge >= 0.3 is 6.18 Å². The fourth-order valence-electron chi connectivity index (χ4n) is 2.31. The standard InChI is InChI=1S/C14H9F3N6O/c1-6-9(11(19)12-13(21-6)23-24-22-12)3-8-2-7(4-18)10(5-20-8)14(15,16)17/h2,5H,3,19H2,1H3. The molecule has 0 aliphatic heterocycles. The number of halogens is 3. The predicted octanol–water partition coefficient (Wildman–Crippen LogP) is 2.38. The summed E-state index contributed by atoms with van der Waals surface area (Å²) in [6.07, 6.45) is -3.90. The Labute approximate surface area is 132 Å². The van der Waals surface area contributed by atoms with Gasteiger partial charge in [0.15, 0.2) is 5.52 Å². The number of anilines is 1. The first-order valence-corrected chi connectivity index (χ1v) is 6.64. The van der Waals surface area contributed by atoms with Gasteiger partial charge in [0, 0.05) is 29.6 Å². The molecule has 3 aromatic rings. The van der Waals surface area contributed by atoms with Crippen molar-refractivity contribution >= 4 is 16.9 Å². The fraction of sp³-hybridized carbons (Fsp3) is 0.214. The molecule has 0 atom stereocenters. The van der Waals surface area contributed by atoms with Crippen LogP contribution in [-0.2, 0) is 12.6 Å². The summed E-state index contributed by atoms with van der Waals surface area (Å²) in [6.45, 7) is 1.68. The lowest BCUT2D eigenvalue weighted by Gasteiger charge is -2.11. The number of aromatic nitrogens is 4. The van der Waals surface area contributed by atoms with Crippen molar-refractivity contribution in [1.82, 2.24) is 20.3 Å². The highest BCUT2D eigenvalue weighted by atomic mass is 19.4. The van der Waals surface area contributed by atoms with E-state index in [1.54, 1.807) is 6.92 Å². The van der Waals surface area contributed by atoms with Gasteiger partial charge in [0.05, 0.1) is 22.9 Å². The van der Waals surface area contributed by atoms with E-state index in [2.05, 4.69) is 24.9 Å². The second kappa shape index (κ2) is 5.45. The van der Waals surface area contributed by atoms with Gasteiger partial charge in [-0.25, -0.2) is 9.61 Å². The monoisotopic (exact) mass is 334 g/mol. The molecule has 10 heteroatoms. The minimum Gasteiger partial charge on any atom is -0.396 e. The largest absolute Gasteiger partial charge is 0.419 e. The third-order valence-corrected chi connectivity index (χ3v) is 3.51. The van der Waals surface area contributed by atoms with Crippen LogP contribution >= 0.6 is 0 Å². The first kappa shape index (κ1) is 15.7. The van der Waals surface area contributed by atoms with E-state index >= 15 is 0 Å². The number of nitrogens with zero attached hydrogens (tertiary/aromatic N) is 5. The van der Waals surface area contributed by atoms with Gasteiger partial charge < -0.3 is 5.73 Å². The molecule has 0 saturated carbocycles. The van der Waals surface area contributed by atoms with Crippen molar-refractivity contribution in [3.8, 4) is 6.07 Å². The molecule has 0 bridgehead atoms. The number of nitrogen functional groups attached to an aromatic ring is 1. The van der Waals surface area contributed by atoms with Crippen molar-refractivity contribution < 1.29 is 17.8 Å². The van der Waals surface area contributed by atoms with Crippen molar-refractivity contribution in [2.75, 3.05) is 5.73 Å². The Balaban J connectivity index is 2.05. The molecule has 0 aliphatic rings. The van der Waals surface area contributed by atoms with E-state index in [4.69, 9.17) is 11.0 Å². The van der Waals surface area contributed by atoms with E-state index in [1.807, 2.05) is 0 Å². The van der Waals surface area contributed by atoms with E-state index in [0.29, 0.717) is 17.5 Å². The van der Waals surface area contributed by atoms with E-state index < -0.39 is 17.3 Å². The lowest BCUT2D eigenvalue weighted by Crippen LogP contribution is -2.10.